The van der Waals surface area contributed by atoms with E-state index < -0.39 is 17.9 Å². The molecule has 0 saturated carbocycles. The Labute approximate surface area is 120 Å². The predicted molar refractivity (Wildman–Crippen MR) is 75.0 cm³/mol. The smallest absolute Gasteiger partial charge is 0.319 e. The number of carbonyl (C=O) groups excluding carboxylic acids is 1. The van der Waals surface area contributed by atoms with Crippen LogP contribution in [-0.2, 0) is 4.79 Å². The number of hydrogen-bond acceptors (Lipinski definition) is 2. The third-order valence-corrected chi connectivity index (χ3v) is 3.21. The summed E-state index contributed by atoms with van der Waals surface area (Å²) in [5.74, 6) is -1.64. The Morgan fingerprint density at radius 2 is 1.95 bits per heavy atom. The van der Waals surface area contributed by atoms with Crippen LogP contribution in [-0.4, -0.2) is 23.7 Å². The molecular formula is C12H14Cl2N2O3. The summed E-state index contributed by atoms with van der Waals surface area (Å²) in [6.07, 6.45) is 0. The van der Waals surface area contributed by atoms with Crippen LogP contribution in [0.2, 0.25) is 10.0 Å². The van der Waals surface area contributed by atoms with Crippen molar-refractivity contribution in [3.63, 3.8) is 0 Å². The maximum Gasteiger partial charge on any atom is 0.319 e. The third kappa shape index (κ3) is 4.61. The molecule has 104 valence electrons. The van der Waals surface area contributed by atoms with Gasteiger partial charge in [-0.25, -0.2) is 4.79 Å². The third-order valence-electron chi connectivity index (χ3n) is 2.49. The van der Waals surface area contributed by atoms with Crippen molar-refractivity contribution < 1.29 is 14.7 Å². The van der Waals surface area contributed by atoms with Crippen molar-refractivity contribution in [3.05, 3.63) is 27.7 Å². The van der Waals surface area contributed by atoms with E-state index in [1.54, 1.807) is 19.1 Å². The normalized spacial score (nSPS) is 11.8. The van der Waals surface area contributed by atoms with Crippen molar-refractivity contribution >= 4 is 40.9 Å². The number of hydrogen-bond donors (Lipinski definition) is 3. The Morgan fingerprint density at radius 3 is 2.53 bits per heavy atom. The number of amides is 2. The maximum absolute atomic E-state index is 11.6. The van der Waals surface area contributed by atoms with Crippen molar-refractivity contribution in [2.45, 2.75) is 13.8 Å². The number of carbonyl (C=O) groups is 2. The molecule has 0 aliphatic carbocycles. The summed E-state index contributed by atoms with van der Waals surface area (Å²) in [6.45, 7) is 3.32. The van der Waals surface area contributed by atoms with Crippen molar-refractivity contribution in [2.24, 2.45) is 5.92 Å². The Kier molecular flexibility index (Phi) is 5.44. The lowest BCUT2D eigenvalue weighted by molar-refractivity contribution is -0.140. The number of carboxylic acid groups (broad SMARTS) is 1. The topological polar surface area (TPSA) is 78.4 Å². The van der Waals surface area contributed by atoms with Gasteiger partial charge in [-0.05, 0) is 24.6 Å². The van der Waals surface area contributed by atoms with E-state index in [2.05, 4.69) is 10.6 Å². The Balaban J connectivity index is 2.62. The molecule has 0 spiro atoms. The molecule has 0 saturated heterocycles. The van der Waals surface area contributed by atoms with E-state index in [0.717, 1.165) is 5.56 Å². The van der Waals surface area contributed by atoms with Gasteiger partial charge in [-0.1, -0.05) is 30.1 Å². The number of anilines is 1. The van der Waals surface area contributed by atoms with Crippen molar-refractivity contribution in [3.8, 4) is 0 Å². The van der Waals surface area contributed by atoms with E-state index in [4.69, 9.17) is 28.3 Å². The first-order valence-corrected chi connectivity index (χ1v) is 6.30. The van der Waals surface area contributed by atoms with Crippen LogP contribution in [0.5, 0.6) is 0 Å². The van der Waals surface area contributed by atoms with Gasteiger partial charge in [0, 0.05) is 11.6 Å². The highest BCUT2D eigenvalue weighted by Gasteiger charge is 2.13. The number of nitrogens with one attached hydrogen (secondary N) is 2. The van der Waals surface area contributed by atoms with E-state index in [9.17, 15) is 9.59 Å². The lowest BCUT2D eigenvalue weighted by Gasteiger charge is -2.12. The Morgan fingerprint density at radius 1 is 1.32 bits per heavy atom. The van der Waals surface area contributed by atoms with E-state index in [-0.39, 0.29) is 6.54 Å². The van der Waals surface area contributed by atoms with Crippen LogP contribution >= 0.6 is 23.2 Å². The zero-order valence-corrected chi connectivity index (χ0v) is 12.0. The second-order valence-electron chi connectivity index (χ2n) is 4.16. The van der Waals surface area contributed by atoms with E-state index in [1.165, 1.54) is 6.92 Å². The summed E-state index contributed by atoms with van der Waals surface area (Å²) in [5.41, 5.74) is 1.18. The molecule has 1 rings (SSSR count). The monoisotopic (exact) mass is 304 g/mol. The predicted octanol–water partition coefficient (Wildman–Crippen LogP) is 3.14. The summed E-state index contributed by atoms with van der Waals surface area (Å²) in [7, 11) is 0. The summed E-state index contributed by atoms with van der Waals surface area (Å²) >= 11 is 11.9. The molecule has 1 atom stereocenters. The number of carboxylic acids is 1. The van der Waals surface area contributed by atoms with Gasteiger partial charge in [0.15, 0.2) is 0 Å². The first kappa shape index (κ1) is 15.6. The second-order valence-corrected chi connectivity index (χ2v) is 4.97. The number of benzene rings is 1. The fourth-order valence-electron chi connectivity index (χ4n) is 1.24. The number of rotatable bonds is 4. The summed E-state index contributed by atoms with van der Waals surface area (Å²) in [6, 6.07) is 2.65. The molecule has 0 radical (unpaired) electrons. The van der Waals surface area contributed by atoms with Gasteiger partial charge >= 0.3 is 12.0 Å². The molecule has 1 unspecified atom stereocenters. The minimum atomic E-state index is -0.975. The molecule has 0 aliphatic rings. The fraction of sp³-hybridized carbons (Fsp3) is 0.333. The van der Waals surface area contributed by atoms with Gasteiger partial charge in [-0.2, -0.15) is 0 Å². The van der Waals surface area contributed by atoms with Crippen LogP contribution in [0, 0.1) is 12.8 Å². The van der Waals surface area contributed by atoms with Crippen LogP contribution in [0.3, 0.4) is 0 Å². The molecule has 2 amide bonds. The molecule has 5 nitrogen and oxygen atoms in total. The van der Waals surface area contributed by atoms with Gasteiger partial charge in [0.05, 0.1) is 16.6 Å². The van der Waals surface area contributed by atoms with Crippen LogP contribution in [0.1, 0.15) is 12.5 Å². The first-order valence-electron chi connectivity index (χ1n) is 5.54. The van der Waals surface area contributed by atoms with Crippen molar-refractivity contribution in [2.75, 3.05) is 11.9 Å². The molecule has 0 heterocycles. The van der Waals surface area contributed by atoms with Crippen LogP contribution < -0.4 is 10.6 Å². The van der Waals surface area contributed by atoms with Gasteiger partial charge < -0.3 is 15.7 Å². The number of aliphatic carboxylic acids is 1. The second kappa shape index (κ2) is 6.63. The zero-order valence-electron chi connectivity index (χ0n) is 10.5. The van der Waals surface area contributed by atoms with Gasteiger partial charge in [0.25, 0.3) is 0 Å². The quantitative estimate of drug-likeness (QED) is 0.799. The molecule has 0 aromatic heterocycles. The molecule has 1 aromatic rings. The SMILES string of the molecule is Cc1cc(Cl)c(NC(=O)NCC(C)C(=O)O)cc1Cl. The lowest BCUT2D eigenvalue weighted by atomic mass is 10.2. The van der Waals surface area contributed by atoms with E-state index >= 15 is 0 Å². The number of urea groups is 1. The molecule has 3 N–H and O–H groups in total. The summed E-state index contributed by atoms with van der Waals surface area (Å²) in [4.78, 5) is 22.2. The molecular weight excluding hydrogens is 291 g/mol. The van der Waals surface area contributed by atoms with E-state index in [1.807, 2.05) is 0 Å². The summed E-state index contributed by atoms with van der Waals surface area (Å²) in [5, 5.41) is 14.5. The van der Waals surface area contributed by atoms with Crippen LogP contribution in [0.4, 0.5) is 10.5 Å². The zero-order chi connectivity index (χ0) is 14.6. The van der Waals surface area contributed by atoms with Crippen LogP contribution in [0.15, 0.2) is 12.1 Å². The number of halogens is 2. The van der Waals surface area contributed by atoms with Crippen molar-refractivity contribution in [1.29, 1.82) is 0 Å². The van der Waals surface area contributed by atoms with Crippen molar-refractivity contribution in [1.82, 2.24) is 5.32 Å². The standard InChI is InChI=1S/C12H14Cl2N2O3/c1-6-3-9(14)10(4-8(6)13)16-12(19)15-5-7(2)11(17)18/h3-4,7H,5H2,1-2H3,(H,17,18)(H2,15,16,19). The van der Waals surface area contributed by atoms with Crippen LogP contribution in [0.25, 0.3) is 0 Å². The first-order chi connectivity index (χ1) is 8.81. The molecule has 0 fully saturated rings. The largest absolute Gasteiger partial charge is 0.481 e. The highest BCUT2D eigenvalue weighted by molar-refractivity contribution is 6.36. The number of aryl methyl sites for hydroxylation is 1. The van der Waals surface area contributed by atoms with Gasteiger partial charge in [0.1, 0.15) is 0 Å². The molecule has 1 aromatic carbocycles. The Hall–Kier alpha value is -1.46. The fourth-order valence-corrected chi connectivity index (χ4v) is 1.67. The van der Waals surface area contributed by atoms with Gasteiger partial charge in [-0.3, -0.25) is 4.79 Å². The average molecular weight is 305 g/mol. The summed E-state index contributed by atoms with van der Waals surface area (Å²) < 4.78 is 0. The van der Waals surface area contributed by atoms with Gasteiger partial charge in [-0.15, -0.1) is 0 Å². The minimum Gasteiger partial charge on any atom is -0.481 e. The highest BCUT2D eigenvalue weighted by atomic mass is 35.5. The Bertz CT molecular complexity index is 506. The molecule has 0 aliphatic heterocycles. The lowest BCUT2D eigenvalue weighted by Crippen LogP contribution is -2.34. The maximum atomic E-state index is 11.6. The minimum absolute atomic E-state index is 0.0262. The molecule has 0 bridgehead atoms. The van der Waals surface area contributed by atoms with E-state index in [0.29, 0.717) is 15.7 Å². The van der Waals surface area contributed by atoms with Gasteiger partial charge in [0.2, 0.25) is 0 Å². The highest BCUT2D eigenvalue weighted by Crippen LogP contribution is 2.28. The molecule has 7 heteroatoms. The molecule has 19 heavy (non-hydrogen) atoms. The average Bonchev–Trinajstić information content (AvgIpc) is 2.32.